The monoisotopic (exact) mass is 440 g/mol. The first-order chi connectivity index (χ1) is 15.7. The lowest BCUT2D eigenvalue weighted by molar-refractivity contribution is -0.120. The Bertz CT molecular complexity index is 1220. The summed E-state index contributed by atoms with van der Waals surface area (Å²) in [7, 11) is 0. The number of imide groups is 1. The van der Waals surface area contributed by atoms with Crippen molar-refractivity contribution in [2.75, 3.05) is 10.2 Å². The number of carbonyl (C=O) groups excluding carboxylic acids is 2. The molecule has 33 heavy (non-hydrogen) atoms. The molecule has 3 aromatic carbocycles. The summed E-state index contributed by atoms with van der Waals surface area (Å²) in [4.78, 5) is 28.3. The molecule has 0 saturated heterocycles. The molecular weight excluding hydrogens is 412 g/mol. The first-order valence-corrected chi connectivity index (χ1v) is 11.0. The Balaban J connectivity index is 1.79. The summed E-state index contributed by atoms with van der Waals surface area (Å²) >= 11 is 0. The molecule has 0 radical (unpaired) electrons. The summed E-state index contributed by atoms with van der Waals surface area (Å²) < 4.78 is 5.74. The first-order valence-electron chi connectivity index (χ1n) is 11.0. The fourth-order valence-corrected chi connectivity index (χ4v) is 4.01. The zero-order valence-electron chi connectivity index (χ0n) is 19.6. The number of ether oxygens (including phenoxy) is 1. The van der Waals surface area contributed by atoms with Crippen LogP contribution in [-0.4, -0.2) is 17.9 Å². The molecule has 0 aromatic heterocycles. The van der Waals surface area contributed by atoms with Crippen LogP contribution in [0.4, 0.5) is 11.4 Å². The maximum absolute atomic E-state index is 13.6. The van der Waals surface area contributed by atoms with Crippen LogP contribution < -0.4 is 15.0 Å². The third-order valence-corrected chi connectivity index (χ3v) is 5.38. The first kappa shape index (κ1) is 22.3. The van der Waals surface area contributed by atoms with Crippen LogP contribution in [0.25, 0.3) is 5.57 Å². The molecule has 0 aliphatic carbocycles. The van der Waals surface area contributed by atoms with Crippen LogP contribution in [0.3, 0.4) is 0 Å². The molecule has 0 fully saturated rings. The number of aryl methyl sites for hydroxylation is 3. The molecule has 168 valence electrons. The molecule has 5 heteroatoms. The second-order valence-electron chi connectivity index (χ2n) is 8.72. The Labute approximate surface area is 194 Å². The molecule has 0 atom stereocenters. The molecule has 5 nitrogen and oxygen atoms in total. The molecule has 2 amide bonds. The predicted molar refractivity (Wildman–Crippen MR) is 132 cm³/mol. The van der Waals surface area contributed by atoms with E-state index in [0.717, 1.165) is 22.4 Å². The molecule has 1 aliphatic heterocycles. The van der Waals surface area contributed by atoms with Gasteiger partial charge in [-0.1, -0.05) is 35.9 Å². The second kappa shape index (κ2) is 8.94. The predicted octanol–water partition coefficient (Wildman–Crippen LogP) is 5.80. The van der Waals surface area contributed by atoms with Crippen LogP contribution in [0.1, 0.15) is 36.1 Å². The number of hydrogen-bond donors (Lipinski definition) is 1. The van der Waals surface area contributed by atoms with Gasteiger partial charge in [0, 0.05) is 5.69 Å². The van der Waals surface area contributed by atoms with Gasteiger partial charge in [-0.25, -0.2) is 4.90 Å². The van der Waals surface area contributed by atoms with E-state index in [2.05, 4.69) is 11.4 Å². The van der Waals surface area contributed by atoms with E-state index in [1.54, 1.807) is 12.1 Å². The van der Waals surface area contributed by atoms with Gasteiger partial charge in [0.25, 0.3) is 11.8 Å². The zero-order valence-corrected chi connectivity index (χ0v) is 19.6. The summed E-state index contributed by atoms with van der Waals surface area (Å²) in [5.41, 5.74) is 5.78. The fourth-order valence-electron chi connectivity index (χ4n) is 4.01. The molecule has 0 spiro atoms. The minimum Gasteiger partial charge on any atom is -0.491 e. The third-order valence-electron chi connectivity index (χ3n) is 5.38. The quantitative estimate of drug-likeness (QED) is 0.493. The molecule has 1 aliphatic rings. The molecule has 3 aromatic rings. The Morgan fingerprint density at radius 2 is 1.36 bits per heavy atom. The van der Waals surface area contributed by atoms with E-state index in [9.17, 15) is 9.59 Å². The molecule has 0 saturated carbocycles. The summed E-state index contributed by atoms with van der Waals surface area (Å²) in [6, 6.07) is 20.6. The summed E-state index contributed by atoms with van der Waals surface area (Å²) in [6.07, 6.45) is 0.0450. The van der Waals surface area contributed by atoms with Crippen LogP contribution >= 0.6 is 0 Å². The Morgan fingerprint density at radius 1 is 0.758 bits per heavy atom. The summed E-state index contributed by atoms with van der Waals surface area (Å²) in [5.74, 6) is -0.0147. The van der Waals surface area contributed by atoms with Crippen LogP contribution in [0.5, 0.6) is 5.75 Å². The standard InChI is InChI=1S/C28H28N2O3/c1-17(2)33-24-12-8-21(9-13-24)25-26(29-22-15-19(4)14-20(5)16-22)28(32)30(27(25)31)23-10-6-18(3)7-11-23/h6-17,29H,1-5H3. The maximum Gasteiger partial charge on any atom is 0.282 e. The van der Waals surface area contributed by atoms with Crippen molar-refractivity contribution in [1.82, 2.24) is 0 Å². The Hall–Kier alpha value is -3.86. The van der Waals surface area contributed by atoms with Crippen molar-refractivity contribution < 1.29 is 14.3 Å². The van der Waals surface area contributed by atoms with E-state index < -0.39 is 0 Å². The number of hydrogen-bond acceptors (Lipinski definition) is 4. The van der Waals surface area contributed by atoms with Gasteiger partial charge >= 0.3 is 0 Å². The van der Waals surface area contributed by atoms with E-state index >= 15 is 0 Å². The van der Waals surface area contributed by atoms with Gasteiger partial charge in [0.05, 0.1) is 17.4 Å². The number of benzene rings is 3. The summed E-state index contributed by atoms with van der Waals surface area (Å²) in [5, 5.41) is 3.25. The van der Waals surface area contributed by atoms with Crippen LogP contribution in [-0.2, 0) is 9.59 Å². The highest BCUT2D eigenvalue weighted by molar-refractivity contribution is 6.46. The lowest BCUT2D eigenvalue weighted by atomic mass is 10.0. The van der Waals surface area contributed by atoms with Gasteiger partial charge in [0.1, 0.15) is 11.4 Å². The van der Waals surface area contributed by atoms with Crippen molar-refractivity contribution >= 4 is 28.8 Å². The highest BCUT2D eigenvalue weighted by Gasteiger charge is 2.40. The smallest absolute Gasteiger partial charge is 0.282 e. The normalized spacial score (nSPS) is 13.8. The number of nitrogens with zero attached hydrogens (tertiary/aromatic N) is 1. The number of carbonyl (C=O) groups is 2. The van der Waals surface area contributed by atoms with Crippen molar-refractivity contribution in [1.29, 1.82) is 0 Å². The highest BCUT2D eigenvalue weighted by Crippen LogP contribution is 2.34. The largest absolute Gasteiger partial charge is 0.491 e. The topological polar surface area (TPSA) is 58.6 Å². The van der Waals surface area contributed by atoms with E-state index in [1.165, 1.54) is 4.90 Å². The van der Waals surface area contributed by atoms with Gasteiger partial charge in [0.15, 0.2) is 0 Å². The molecular formula is C28H28N2O3. The number of anilines is 2. The average molecular weight is 441 g/mol. The minimum atomic E-state index is -0.375. The van der Waals surface area contributed by atoms with Gasteiger partial charge in [-0.15, -0.1) is 0 Å². The average Bonchev–Trinajstić information content (AvgIpc) is 2.98. The van der Waals surface area contributed by atoms with Gasteiger partial charge in [-0.2, -0.15) is 0 Å². The number of nitrogens with one attached hydrogen (secondary N) is 1. The SMILES string of the molecule is Cc1ccc(N2C(=O)C(Nc3cc(C)cc(C)c3)=C(c3ccc(OC(C)C)cc3)C2=O)cc1. The number of amides is 2. The van der Waals surface area contributed by atoms with Crippen molar-refractivity contribution in [2.24, 2.45) is 0 Å². The van der Waals surface area contributed by atoms with Gasteiger partial charge in [-0.05, 0) is 87.7 Å². The van der Waals surface area contributed by atoms with E-state index in [1.807, 2.05) is 83.1 Å². The van der Waals surface area contributed by atoms with Crippen LogP contribution in [0, 0.1) is 20.8 Å². The van der Waals surface area contributed by atoms with Crippen molar-refractivity contribution in [3.63, 3.8) is 0 Å². The van der Waals surface area contributed by atoms with Crippen LogP contribution in [0.15, 0.2) is 72.4 Å². The Morgan fingerprint density at radius 3 is 1.94 bits per heavy atom. The van der Waals surface area contributed by atoms with Crippen molar-refractivity contribution in [3.05, 3.63) is 94.7 Å². The maximum atomic E-state index is 13.6. The fraction of sp³-hybridized carbons (Fsp3) is 0.214. The molecule has 1 N–H and O–H groups in total. The van der Waals surface area contributed by atoms with Gasteiger partial charge in [0.2, 0.25) is 0 Å². The van der Waals surface area contributed by atoms with Gasteiger partial charge < -0.3 is 10.1 Å². The molecule has 1 heterocycles. The zero-order chi connectivity index (χ0) is 23.7. The van der Waals surface area contributed by atoms with Crippen molar-refractivity contribution in [3.8, 4) is 5.75 Å². The van der Waals surface area contributed by atoms with Crippen LogP contribution in [0.2, 0.25) is 0 Å². The lowest BCUT2D eigenvalue weighted by Crippen LogP contribution is -2.32. The molecule has 0 bridgehead atoms. The van der Waals surface area contributed by atoms with Gasteiger partial charge in [-0.3, -0.25) is 9.59 Å². The molecule has 0 unspecified atom stereocenters. The number of rotatable bonds is 6. The molecule has 4 rings (SSSR count). The second-order valence-corrected chi connectivity index (χ2v) is 8.72. The van der Waals surface area contributed by atoms with E-state index in [0.29, 0.717) is 22.6 Å². The summed E-state index contributed by atoms with van der Waals surface area (Å²) in [6.45, 7) is 9.89. The van der Waals surface area contributed by atoms with Crippen molar-refractivity contribution in [2.45, 2.75) is 40.7 Å². The van der Waals surface area contributed by atoms with E-state index in [4.69, 9.17) is 4.74 Å². The van der Waals surface area contributed by atoms with E-state index in [-0.39, 0.29) is 23.6 Å². The lowest BCUT2D eigenvalue weighted by Gasteiger charge is -2.16. The minimum absolute atomic E-state index is 0.0450. The highest BCUT2D eigenvalue weighted by atomic mass is 16.5. The third kappa shape index (κ3) is 4.67. The Kier molecular flexibility index (Phi) is 6.05.